The predicted octanol–water partition coefficient (Wildman–Crippen LogP) is 4.26. The van der Waals surface area contributed by atoms with E-state index in [2.05, 4.69) is 25.5 Å². The number of nitrogens with one attached hydrogen (secondary N) is 3. The van der Waals surface area contributed by atoms with E-state index in [1.807, 2.05) is 61.5 Å². The summed E-state index contributed by atoms with van der Waals surface area (Å²) in [6.45, 7) is 6.30. The third kappa shape index (κ3) is 5.34. The van der Waals surface area contributed by atoms with Crippen LogP contribution in [-0.2, 0) is 0 Å². The molecule has 0 bridgehead atoms. The minimum absolute atomic E-state index is 0.00487. The summed E-state index contributed by atoms with van der Waals surface area (Å²) < 4.78 is 0. The Morgan fingerprint density at radius 3 is 2.41 bits per heavy atom. The molecule has 2 aromatic carbocycles. The Kier molecular flexibility index (Phi) is 6.83. The minimum atomic E-state index is -0.462. The van der Waals surface area contributed by atoms with Gasteiger partial charge in [-0.3, -0.25) is 9.78 Å². The number of hydrogen-bond acceptors (Lipinski definition) is 6. The van der Waals surface area contributed by atoms with E-state index in [9.17, 15) is 10.1 Å². The van der Waals surface area contributed by atoms with Crippen LogP contribution in [0.4, 0.5) is 17.3 Å². The number of benzene rings is 2. The van der Waals surface area contributed by atoms with E-state index in [-0.39, 0.29) is 5.56 Å². The van der Waals surface area contributed by atoms with Crippen molar-refractivity contribution in [1.29, 1.82) is 5.26 Å². The molecule has 0 amide bonds. The molecular weight excluding hydrogens is 400 g/mol. The first-order valence-corrected chi connectivity index (χ1v) is 11.1. The molecule has 0 unspecified atom stereocenters. The maximum Gasteiger partial charge on any atom is 0.270 e. The van der Waals surface area contributed by atoms with Crippen molar-refractivity contribution in [3.05, 3.63) is 70.0 Å². The van der Waals surface area contributed by atoms with Crippen LogP contribution in [0.25, 0.3) is 11.3 Å². The zero-order valence-corrected chi connectivity index (χ0v) is 18.3. The molecule has 0 spiro atoms. The van der Waals surface area contributed by atoms with E-state index < -0.39 is 5.56 Å². The highest BCUT2D eigenvalue weighted by Gasteiger charge is 2.14. The first kappa shape index (κ1) is 21.6. The van der Waals surface area contributed by atoms with Crippen molar-refractivity contribution in [2.75, 3.05) is 36.8 Å². The lowest BCUT2D eigenvalue weighted by atomic mass is 10.1. The number of aryl methyl sites for hydroxylation is 1. The van der Waals surface area contributed by atoms with Gasteiger partial charge in [0, 0.05) is 30.0 Å². The number of hydrogen-bond donors (Lipinski definition) is 3. The average Bonchev–Trinajstić information content (AvgIpc) is 2.81. The smallest absolute Gasteiger partial charge is 0.270 e. The minimum Gasteiger partial charge on any atom is -0.384 e. The molecule has 7 nitrogen and oxygen atoms in total. The first-order valence-electron chi connectivity index (χ1n) is 11.1. The molecule has 0 saturated carbocycles. The van der Waals surface area contributed by atoms with Crippen molar-refractivity contribution in [1.82, 2.24) is 14.9 Å². The third-order valence-electron chi connectivity index (χ3n) is 5.71. The number of H-pyrrole nitrogens is 1. The second kappa shape index (κ2) is 10.1. The van der Waals surface area contributed by atoms with Crippen LogP contribution in [-0.4, -0.2) is 41.0 Å². The van der Waals surface area contributed by atoms with Gasteiger partial charge in [-0.05, 0) is 57.1 Å². The van der Waals surface area contributed by atoms with Crippen molar-refractivity contribution in [2.45, 2.75) is 26.2 Å². The van der Waals surface area contributed by atoms with E-state index in [4.69, 9.17) is 0 Å². The molecule has 3 N–H and O–H groups in total. The molecule has 1 fully saturated rings. The molecule has 32 heavy (non-hydrogen) atoms. The number of aromatic amines is 1. The molecule has 4 rings (SSSR count). The summed E-state index contributed by atoms with van der Waals surface area (Å²) in [6, 6.07) is 17.5. The molecule has 1 aliphatic rings. The van der Waals surface area contributed by atoms with Crippen molar-refractivity contribution in [3.8, 4) is 17.3 Å². The van der Waals surface area contributed by atoms with Crippen LogP contribution >= 0.6 is 0 Å². The van der Waals surface area contributed by atoms with Crippen molar-refractivity contribution in [3.63, 3.8) is 0 Å². The van der Waals surface area contributed by atoms with Gasteiger partial charge in [0.25, 0.3) is 5.56 Å². The van der Waals surface area contributed by atoms with Gasteiger partial charge in [-0.15, -0.1) is 0 Å². The number of likely N-dealkylation sites (tertiary alicyclic amines) is 1. The van der Waals surface area contributed by atoms with Gasteiger partial charge in [0.05, 0.1) is 5.69 Å². The first-order chi connectivity index (χ1) is 15.6. The molecule has 1 saturated heterocycles. The number of rotatable bonds is 7. The molecule has 1 aromatic heterocycles. The summed E-state index contributed by atoms with van der Waals surface area (Å²) in [5, 5.41) is 16.1. The van der Waals surface area contributed by atoms with Crippen LogP contribution in [0.2, 0.25) is 0 Å². The van der Waals surface area contributed by atoms with Gasteiger partial charge in [0.1, 0.15) is 11.6 Å². The molecule has 0 atom stereocenters. The number of anilines is 3. The Bertz CT molecular complexity index is 1140. The van der Waals surface area contributed by atoms with Crippen LogP contribution in [0.1, 0.15) is 30.4 Å². The standard InChI is InChI=1S/C25H28N6O/c1-18-5-9-21(10-6-18)28-25-29-23(22(17-26)24(32)30-25)19-7-11-20(12-8-19)27-13-16-31-14-3-2-4-15-31/h5-12,27H,2-4,13-16H2,1H3,(H2,28,29,30,32). The van der Waals surface area contributed by atoms with E-state index in [1.54, 1.807) is 0 Å². The van der Waals surface area contributed by atoms with Gasteiger partial charge in [-0.2, -0.15) is 5.26 Å². The summed E-state index contributed by atoms with van der Waals surface area (Å²) in [7, 11) is 0. The SMILES string of the molecule is Cc1ccc(Nc2nc(-c3ccc(NCCN4CCCCC4)cc3)c(C#N)c(=O)[nH]2)cc1. The number of nitrogens with zero attached hydrogens (tertiary/aromatic N) is 3. The molecule has 0 radical (unpaired) electrons. The highest BCUT2D eigenvalue weighted by Crippen LogP contribution is 2.23. The summed E-state index contributed by atoms with van der Waals surface area (Å²) in [5.74, 6) is 0.302. The highest BCUT2D eigenvalue weighted by molar-refractivity contribution is 5.69. The van der Waals surface area contributed by atoms with Crippen LogP contribution in [0.3, 0.4) is 0 Å². The van der Waals surface area contributed by atoms with Crippen molar-refractivity contribution >= 4 is 17.3 Å². The predicted molar refractivity (Wildman–Crippen MR) is 128 cm³/mol. The second-order valence-corrected chi connectivity index (χ2v) is 8.15. The monoisotopic (exact) mass is 428 g/mol. The van der Waals surface area contributed by atoms with Gasteiger partial charge in [0.2, 0.25) is 5.95 Å². The van der Waals surface area contributed by atoms with Crippen LogP contribution in [0.15, 0.2) is 53.3 Å². The zero-order chi connectivity index (χ0) is 22.3. The van der Waals surface area contributed by atoms with Gasteiger partial charge in [0.15, 0.2) is 0 Å². The van der Waals surface area contributed by atoms with Crippen LogP contribution in [0, 0.1) is 18.3 Å². The van der Waals surface area contributed by atoms with Crippen molar-refractivity contribution < 1.29 is 0 Å². The lowest BCUT2D eigenvalue weighted by Gasteiger charge is -2.26. The topological polar surface area (TPSA) is 96.8 Å². The molecule has 7 heteroatoms. The zero-order valence-electron chi connectivity index (χ0n) is 18.3. The molecule has 3 aromatic rings. The Labute approximate surface area is 188 Å². The number of aromatic nitrogens is 2. The maximum atomic E-state index is 12.5. The van der Waals surface area contributed by atoms with E-state index in [1.165, 1.54) is 32.4 Å². The van der Waals surface area contributed by atoms with E-state index in [0.29, 0.717) is 11.6 Å². The van der Waals surface area contributed by atoms with E-state index in [0.717, 1.165) is 35.6 Å². The maximum absolute atomic E-state index is 12.5. The molecule has 2 heterocycles. The second-order valence-electron chi connectivity index (χ2n) is 8.15. The molecule has 1 aliphatic heterocycles. The Balaban J connectivity index is 1.48. The molecular formula is C25H28N6O. The lowest BCUT2D eigenvalue weighted by molar-refractivity contribution is 0.237. The van der Waals surface area contributed by atoms with Crippen LogP contribution < -0.4 is 16.2 Å². The number of nitriles is 1. The summed E-state index contributed by atoms with van der Waals surface area (Å²) in [6.07, 6.45) is 3.93. The van der Waals surface area contributed by atoms with E-state index >= 15 is 0 Å². The molecule has 164 valence electrons. The fourth-order valence-electron chi connectivity index (χ4n) is 3.91. The third-order valence-corrected chi connectivity index (χ3v) is 5.71. The molecule has 0 aliphatic carbocycles. The van der Waals surface area contributed by atoms with Gasteiger partial charge in [-0.1, -0.05) is 36.2 Å². The van der Waals surface area contributed by atoms with Gasteiger partial charge >= 0.3 is 0 Å². The highest BCUT2D eigenvalue weighted by atomic mass is 16.1. The fourth-order valence-corrected chi connectivity index (χ4v) is 3.91. The Morgan fingerprint density at radius 2 is 1.72 bits per heavy atom. The average molecular weight is 429 g/mol. The van der Waals surface area contributed by atoms with Crippen LogP contribution in [0.5, 0.6) is 0 Å². The lowest BCUT2D eigenvalue weighted by Crippen LogP contribution is -2.33. The Morgan fingerprint density at radius 1 is 1.03 bits per heavy atom. The normalized spacial score (nSPS) is 14.0. The fraction of sp³-hybridized carbons (Fsp3) is 0.320. The summed E-state index contributed by atoms with van der Waals surface area (Å²) >= 11 is 0. The quantitative estimate of drug-likeness (QED) is 0.520. The van der Waals surface area contributed by atoms with Gasteiger partial charge < -0.3 is 15.5 Å². The van der Waals surface area contributed by atoms with Crippen molar-refractivity contribution in [2.24, 2.45) is 0 Å². The summed E-state index contributed by atoms with van der Waals surface area (Å²) in [4.78, 5) is 22.2. The summed E-state index contributed by atoms with van der Waals surface area (Å²) in [5.41, 5.74) is 3.59. The number of piperidine rings is 1. The Hall–Kier alpha value is -3.63. The largest absolute Gasteiger partial charge is 0.384 e. The van der Waals surface area contributed by atoms with Gasteiger partial charge in [-0.25, -0.2) is 4.98 Å².